The second kappa shape index (κ2) is 13.0. The Balaban J connectivity index is 0.00000272. The summed E-state index contributed by atoms with van der Waals surface area (Å²) in [6.45, 7) is 13.7. The number of hydrogen-bond acceptors (Lipinski definition) is 4. The fraction of sp³-hybridized carbons (Fsp3) is 0.708. The molecule has 4 rings (SSSR count). The van der Waals surface area contributed by atoms with Gasteiger partial charge in [0.25, 0.3) is 0 Å². The molecule has 0 spiro atoms. The Morgan fingerprint density at radius 2 is 1.87 bits per heavy atom. The largest absolute Gasteiger partial charge is 0.379 e. The zero-order valence-electron chi connectivity index (χ0n) is 19.0. The molecule has 7 heteroatoms. The molecule has 2 unspecified atom stereocenters. The zero-order valence-corrected chi connectivity index (χ0v) is 21.4. The first-order chi connectivity index (χ1) is 14.8. The average Bonchev–Trinajstić information content (AvgIpc) is 3.47. The molecule has 0 saturated carbocycles. The van der Waals surface area contributed by atoms with E-state index in [1.54, 1.807) is 0 Å². The molecule has 1 aromatic rings. The molecule has 3 aliphatic heterocycles. The smallest absolute Gasteiger partial charge is 0.193 e. The summed E-state index contributed by atoms with van der Waals surface area (Å²) in [6.07, 6.45) is 3.66. The summed E-state index contributed by atoms with van der Waals surface area (Å²) in [6, 6.07) is 11.5. The van der Waals surface area contributed by atoms with E-state index in [0.717, 1.165) is 71.4 Å². The van der Waals surface area contributed by atoms with Gasteiger partial charge in [0.2, 0.25) is 0 Å². The Kier molecular flexibility index (Phi) is 10.3. The number of aliphatic imine (C=N–C) groups is 1. The van der Waals surface area contributed by atoms with Crippen LogP contribution in [0.2, 0.25) is 0 Å². The molecular weight excluding hydrogens is 501 g/mol. The molecular formula is C24H40IN5O. The Morgan fingerprint density at radius 1 is 1.06 bits per heavy atom. The third-order valence-electron chi connectivity index (χ3n) is 6.79. The van der Waals surface area contributed by atoms with E-state index in [0.29, 0.717) is 12.0 Å². The van der Waals surface area contributed by atoms with E-state index in [1.165, 1.54) is 31.5 Å². The van der Waals surface area contributed by atoms with Crippen molar-refractivity contribution in [1.29, 1.82) is 0 Å². The molecule has 0 bridgehead atoms. The van der Waals surface area contributed by atoms with Gasteiger partial charge < -0.3 is 19.9 Å². The summed E-state index contributed by atoms with van der Waals surface area (Å²) >= 11 is 0. The van der Waals surface area contributed by atoms with E-state index in [4.69, 9.17) is 9.73 Å². The lowest BCUT2D eigenvalue weighted by molar-refractivity contribution is 0.0195. The Labute approximate surface area is 205 Å². The van der Waals surface area contributed by atoms with Crippen molar-refractivity contribution in [2.75, 3.05) is 72.1 Å². The third kappa shape index (κ3) is 7.30. The Morgan fingerprint density at radius 3 is 2.65 bits per heavy atom. The number of nitrogens with one attached hydrogen (secondary N) is 1. The number of halogens is 1. The van der Waals surface area contributed by atoms with E-state index in [-0.39, 0.29) is 24.0 Å². The van der Waals surface area contributed by atoms with Crippen molar-refractivity contribution in [3.8, 4) is 0 Å². The highest BCUT2D eigenvalue weighted by Crippen LogP contribution is 2.19. The van der Waals surface area contributed by atoms with Gasteiger partial charge in [0.05, 0.1) is 13.2 Å². The quantitative estimate of drug-likeness (QED) is 0.327. The lowest BCUT2D eigenvalue weighted by atomic mass is 10.1. The number of morpholine rings is 1. The van der Waals surface area contributed by atoms with Crippen molar-refractivity contribution < 1.29 is 4.74 Å². The molecule has 1 N–H and O–H groups in total. The molecule has 174 valence electrons. The second-order valence-electron chi connectivity index (χ2n) is 8.92. The van der Waals surface area contributed by atoms with Gasteiger partial charge in [-0.05, 0) is 44.2 Å². The van der Waals surface area contributed by atoms with Crippen LogP contribution < -0.4 is 5.32 Å². The van der Waals surface area contributed by atoms with Crippen molar-refractivity contribution >= 4 is 29.9 Å². The van der Waals surface area contributed by atoms with E-state index in [9.17, 15) is 0 Å². The molecule has 3 saturated heterocycles. The molecule has 3 aliphatic rings. The Hall–Kier alpha value is -0.900. The summed E-state index contributed by atoms with van der Waals surface area (Å²) in [5, 5.41) is 3.55. The molecule has 6 nitrogen and oxygen atoms in total. The van der Waals surface area contributed by atoms with Crippen molar-refractivity contribution in [2.24, 2.45) is 10.9 Å². The molecule has 31 heavy (non-hydrogen) atoms. The predicted octanol–water partition coefficient (Wildman–Crippen LogP) is 2.54. The first-order valence-electron chi connectivity index (χ1n) is 11.9. The lowest BCUT2D eigenvalue weighted by Crippen LogP contribution is -2.46. The van der Waals surface area contributed by atoms with Crippen molar-refractivity contribution in [1.82, 2.24) is 20.0 Å². The maximum Gasteiger partial charge on any atom is 0.193 e. The molecule has 3 fully saturated rings. The van der Waals surface area contributed by atoms with Crippen LogP contribution in [0.25, 0.3) is 0 Å². The predicted molar refractivity (Wildman–Crippen MR) is 138 cm³/mol. The van der Waals surface area contributed by atoms with Gasteiger partial charge in [0.1, 0.15) is 0 Å². The summed E-state index contributed by atoms with van der Waals surface area (Å²) in [5.74, 6) is 1.81. The topological polar surface area (TPSA) is 43.3 Å². The van der Waals surface area contributed by atoms with Gasteiger partial charge in [0.15, 0.2) is 5.96 Å². The van der Waals surface area contributed by atoms with Gasteiger partial charge in [-0.2, -0.15) is 0 Å². The SMILES string of the molecule is CCNC(=NCC1CCN(CCc2ccccc2)C1)N1CCC(N2CCOCC2)C1.I. The maximum absolute atomic E-state index is 5.52. The van der Waals surface area contributed by atoms with Crippen LogP contribution in [0.3, 0.4) is 0 Å². The highest BCUT2D eigenvalue weighted by molar-refractivity contribution is 14.0. The van der Waals surface area contributed by atoms with Gasteiger partial charge in [-0.1, -0.05) is 30.3 Å². The minimum atomic E-state index is 0. The molecule has 1 aromatic carbocycles. The van der Waals surface area contributed by atoms with E-state index < -0.39 is 0 Å². The van der Waals surface area contributed by atoms with Gasteiger partial charge in [-0.25, -0.2) is 0 Å². The lowest BCUT2D eigenvalue weighted by Gasteiger charge is -2.32. The van der Waals surface area contributed by atoms with E-state index in [2.05, 4.69) is 57.3 Å². The second-order valence-corrected chi connectivity index (χ2v) is 8.92. The van der Waals surface area contributed by atoms with Crippen LogP contribution in [0.5, 0.6) is 0 Å². The van der Waals surface area contributed by atoms with Crippen LogP contribution in [0.15, 0.2) is 35.3 Å². The van der Waals surface area contributed by atoms with Crippen LogP contribution >= 0.6 is 24.0 Å². The van der Waals surface area contributed by atoms with Crippen LogP contribution in [0.1, 0.15) is 25.3 Å². The number of ether oxygens (including phenoxy) is 1. The number of rotatable bonds is 7. The van der Waals surface area contributed by atoms with Crippen LogP contribution in [-0.4, -0.2) is 98.8 Å². The molecule has 2 atom stereocenters. The van der Waals surface area contributed by atoms with Crippen LogP contribution in [0.4, 0.5) is 0 Å². The number of likely N-dealkylation sites (tertiary alicyclic amines) is 2. The number of hydrogen-bond donors (Lipinski definition) is 1. The Bertz CT molecular complexity index is 667. The maximum atomic E-state index is 5.52. The van der Waals surface area contributed by atoms with Crippen molar-refractivity contribution in [3.05, 3.63) is 35.9 Å². The summed E-state index contributed by atoms with van der Waals surface area (Å²) < 4.78 is 5.52. The molecule has 0 aromatic heterocycles. The summed E-state index contributed by atoms with van der Waals surface area (Å²) in [4.78, 5) is 12.8. The van der Waals surface area contributed by atoms with Gasteiger partial charge >= 0.3 is 0 Å². The monoisotopic (exact) mass is 541 g/mol. The zero-order chi connectivity index (χ0) is 20.6. The van der Waals surface area contributed by atoms with E-state index >= 15 is 0 Å². The first-order valence-corrected chi connectivity index (χ1v) is 11.9. The highest BCUT2D eigenvalue weighted by Gasteiger charge is 2.30. The minimum absolute atomic E-state index is 0. The van der Waals surface area contributed by atoms with Gasteiger partial charge in [0, 0.05) is 58.4 Å². The number of benzene rings is 1. The molecule has 0 aliphatic carbocycles. The van der Waals surface area contributed by atoms with Crippen molar-refractivity contribution in [2.45, 2.75) is 32.2 Å². The van der Waals surface area contributed by atoms with Crippen LogP contribution in [0, 0.1) is 5.92 Å². The summed E-state index contributed by atoms with van der Waals surface area (Å²) in [5.41, 5.74) is 1.44. The van der Waals surface area contributed by atoms with Crippen LogP contribution in [-0.2, 0) is 11.2 Å². The molecule has 0 radical (unpaired) electrons. The average molecular weight is 542 g/mol. The van der Waals surface area contributed by atoms with E-state index in [1.807, 2.05) is 0 Å². The highest BCUT2D eigenvalue weighted by atomic mass is 127. The number of nitrogens with zero attached hydrogens (tertiary/aromatic N) is 4. The fourth-order valence-electron chi connectivity index (χ4n) is 5.01. The molecule has 0 amide bonds. The van der Waals surface area contributed by atoms with Gasteiger partial charge in [-0.3, -0.25) is 9.89 Å². The standard InChI is InChI=1S/C24H39N5O.HI/c1-2-25-24(29-13-10-23(20-29)28-14-16-30-17-15-28)26-18-22-9-12-27(19-22)11-8-21-6-4-3-5-7-21;/h3-7,22-23H,2,8-20H2,1H3,(H,25,26);1H. The number of guanidine groups is 1. The third-order valence-corrected chi connectivity index (χ3v) is 6.79. The van der Waals surface area contributed by atoms with Crippen molar-refractivity contribution in [3.63, 3.8) is 0 Å². The van der Waals surface area contributed by atoms with Gasteiger partial charge in [-0.15, -0.1) is 24.0 Å². The minimum Gasteiger partial charge on any atom is -0.379 e. The summed E-state index contributed by atoms with van der Waals surface area (Å²) in [7, 11) is 0. The molecule has 3 heterocycles. The normalized spacial score (nSPS) is 25.6. The fourth-order valence-corrected chi connectivity index (χ4v) is 5.01. The first kappa shape index (κ1) is 24.7.